The number of hydrogen-bond acceptors (Lipinski definition) is 4. The van der Waals surface area contributed by atoms with E-state index in [-0.39, 0.29) is 0 Å². The molecule has 0 aliphatic carbocycles. The highest BCUT2D eigenvalue weighted by molar-refractivity contribution is 7.26. The van der Waals surface area contributed by atoms with Gasteiger partial charge >= 0.3 is 0 Å². The highest BCUT2D eigenvalue weighted by Gasteiger charge is 2.19. The van der Waals surface area contributed by atoms with E-state index in [1.165, 1.54) is 52.7 Å². The first-order valence-electron chi connectivity index (χ1n) is 19.5. The second kappa shape index (κ2) is 13.1. The van der Waals surface area contributed by atoms with E-state index in [4.69, 9.17) is 15.0 Å². The van der Waals surface area contributed by atoms with Gasteiger partial charge in [-0.05, 0) is 47.5 Å². The van der Waals surface area contributed by atoms with Crippen LogP contribution in [-0.4, -0.2) is 19.5 Å². The van der Waals surface area contributed by atoms with Crippen LogP contribution in [0.15, 0.2) is 194 Å². The Balaban J connectivity index is 1.01. The summed E-state index contributed by atoms with van der Waals surface area (Å²) in [4.78, 5) is 15.6. The third-order valence-electron chi connectivity index (χ3n) is 11.4. The van der Waals surface area contributed by atoms with E-state index in [9.17, 15) is 0 Å². The van der Waals surface area contributed by atoms with Crippen molar-refractivity contribution in [2.75, 3.05) is 0 Å². The van der Waals surface area contributed by atoms with E-state index in [1.807, 2.05) is 29.5 Å². The van der Waals surface area contributed by atoms with Gasteiger partial charge in [0.1, 0.15) is 5.82 Å². The summed E-state index contributed by atoms with van der Waals surface area (Å²) in [5.41, 5.74) is 10.6. The normalized spacial score (nSPS) is 11.8. The zero-order valence-electron chi connectivity index (χ0n) is 31.2. The van der Waals surface area contributed by atoms with Crippen LogP contribution in [-0.2, 0) is 0 Å². The molecule has 12 aromatic rings. The van der Waals surface area contributed by atoms with Crippen LogP contribution in [0.2, 0.25) is 0 Å². The van der Waals surface area contributed by atoms with Crippen LogP contribution in [0.4, 0.5) is 0 Å². The van der Waals surface area contributed by atoms with Crippen molar-refractivity contribution in [3.8, 4) is 50.8 Å². The molecule has 0 amide bonds. The molecule has 0 aliphatic rings. The van der Waals surface area contributed by atoms with Crippen LogP contribution in [0, 0.1) is 0 Å². The van der Waals surface area contributed by atoms with E-state index in [0.29, 0.717) is 5.82 Å². The Bertz CT molecular complexity index is 3500. The standard InChI is InChI=1S/C53H32N4S/c1-3-13-35(14-4-1)52-41-28-30-48-51(50(41)40-19-7-10-20-43(40)54-52)42-31-37(27-29-47(42)58-48)33-23-25-34(26-24-33)44-32-49(56-53(55-44)36-15-5-2-6-16-36)57-45-21-11-8-17-38(45)39-18-9-12-22-46(39)57/h1-32H. The molecule has 0 atom stereocenters. The number of fused-ring (bicyclic) bond motifs is 10. The second-order valence-electron chi connectivity index (χ2n) is 14.8. The van der Waals surface area contributed by atoms with Crippen LogP contribution in [0.5, 0.6) is 0 Å². The van der Waals surface area contributed by atoms with Gasteiger partial charge in [0.2, 0.25) is 0 Å². The van der Waals surface area contributed by atoms with Crippen LogP contribution in [0.3, 0.4) is 0 Å². The van der Waals surface area contributed by atoms with Gasteiger partial charge < -0.3 is 0 Å². The first-order chi connectivity index (χ1) is 28.7. The molecule has 4 nitrogen and oxygen atoms in total. The highest BCUT2D eigenvalue weighted by atomic mass is 32.1. The molecule has 0 radical (unpaired) electrons. The molecule has 0 fully saturated rings. The molecule has 5 heteroatoms. The molecule has 0 saturated heterocycles. The summed E-state index contributed by atoms with van der Waals surface area (Å²) in [6.07, 6.45) is 0. The first-order valence-corrected chi connectivity index (χ1v) is 20.3. The quantitative estimate of drug-likeness (QED) is 0.164. The van der Waals surface area contributed by atoms with Crippen LogP contribution in [0.25, 0.3) is 115 Å². The fourth-order valence-corrected chi connectivity index (χ4v) is 9.81. The predicted octanol–water partition coefficient (Wildman–Crippen LogP) is 14.3. The number of aromatic nitrogens is 4. The third-order valence-corrected chi connectivity index (χ3v) is 12.5. The number of hydrogen-bond donors (Lipinski definition) is 0. The van der Waals surface area contributed by atoms with Crippen molar-refractivity contribution < 1.29 is 0 Å². The number of benzene rings is 8. The minimum absolute atomic E-state index is 0.694. The Labute approximate surface area is 338 Å². The van der Waals surface area contributed by atoms with Gasteiger partial charge in [0.25, 0.3) is 0 Å². The fourth-order valence-electron chi connectivity index (χ4n) is 8.72. The van der Waals surface area contributed by atoms with Crippen LogP contribution in [0.1, 0.15) is 0 Å². The average Bonchev–Trinajstić information content (AvgIpc) is 3.85. The third kappa shape index (κ3) is 5.18. The molecule has 0 bridgehead atoms. The van der Waals surface area contributed by atoms with Gasteiger partial charge in [-0.15, -0.1) is 11.3 Å². The van der Waals surface area contributed by atoms with Crippen molar-refractivity contribution in [2.24, 2.45) is 0 Å². The molecule has 8 aromatic carbocycles. The molecule has 4 aromatic heterocycles. The molecule has 0 aliphatic heterocycles. The summed E-state index contributed by atoms with van der Waals surface area (Å²) in [5.74, 6) is 1.53. The Morgan fingerprint density at radius 1 is 0.362 bits per heavy atom. The Morgan fingerprint density at radius 2 is 0.966 bits per heavy atom. The maximum Gasteiger partial charge on any atom is 0.162 e. The molecule has 0 N–H and O–H groups in total. The summed E-state index contributed by atoms with van der Waals surface area (Å²) >= 11 is 1.85. The number of nitrogens with zero attached hydrogens (tertiary/aromatic N) is 4. The van der Waals surface area contributed by atoms with Gasteiger partial charge in [-0.25, -0.2) is 15.0 Å². The lowest BCUT2D eigenvalue weighted by Crippen LogP contribution is -2.02. The monoisotopic (exact) mass is 756 g/mol. The van der Waals surface area contributed by atoms with E-state index in [1.54, 1.807) is 0 Å². The number of para-hydroxylation sites is 3. The first kappa shape index (κ1) is 32.7. The van der Waals surface area contributed by atoms with Gasteiger partial charge in [-0.1, -0.05) is 152 Å². The summed E-state index contributed by atoms with van der Waals surface area (Å²) in [6, 6.07) is 68.9. The number of rotatable bonds is 5. The van der Waals surface area contributed by atoms with Gasteiger partial charge in [0, 0.05) is 69.9 Å². The zero-order valence-corrected chi connectivity index (χ0v) is 32.0. The van der Waals surface area contributed by atoms with Gasteiger partial charge in [-0.3, -0.25) is 4.57 Å². The van der Waals surface area contributed by atoms with Crippen LogP contribution >= 0.6 is 11.3 Å². The van der Waals surface area contributed by atoms with Crippen LogP contribution < -0.4 is 0 Å². The van der Waals surface area contributed by atoms with E-state index < -0.39 is 0 Å². The van der Waals surface area contributed by atoms with Crippen molar-refractivity contribution in [1.82, 2.24) is 19.5 Å². The zero-order chi connectivity index (χ0) is 38.2. The van der Waals surface area contributed by atoms with Gasteiger partial charge in [0.05, 0.1) is 27.9 Å². The topological polar surface area (TPSA) is 43.6 Å². The second-order valence-corrected chi connectivity index (χ2v) is 15.8. The maximum absolute atomic E-state index is 5.21. The van der Waals surface area contributed by atoms with Crippen molar-refractivity contribution in [3.05, 3.63) is 194 Å². The molecule has 0 unspecified atom stereocenters. The summed E-state index contributed by atoms with van der Waals surface area (Å²) in [6.45, 7) is 0. The van der Waals surface area contributed by atoms with Crippen molar-refractivity contribution in [3.63, 3.8) is 0 Å². The summed E-state index contributed by atoms with van der Waals surface area (Å²) in [5, 5.41) is 8.57. The maximum atomic E-state index is 5.21. The lowest BCUT2D eigenvalue weighted by atomic mass is 9.95. The average molecular weight is 757 g/mol. The SMILES string of the molecule is c1ccc(-c2nc(-c3ccc(-c4ccc5sc6ccc7c(-c8ccccc8)nc8ccccc8c7c6c5c4)cc3)cc(-n3c4ccccc4c4ccccc43)n2)cc1. The molecule has 0 saturated carbocycles. The van der Waals surface area contributed by atoms with Crippen molar-refractivity contribution >= 4 is 75.0 Å². The fraction of sp³-hybridized carbons (Fsp3) is 0. The van der Waals surface area contributed by atoms with E-state index >= 15 is 0 Å². The van der Waals surface area contributed by atoms with Gasteiger partial charge in [-0.2, -0.15) is 0 Å². The molecule has 58 heavy (non-hydrogen) atoms. The number of thiophene rings is 1. The Kier molecular flexibility index (Phi) is 7.37. The molecular weight excluding hydrogens is 725 g/mol. The van der Waals surface area contributed by atoms with Crippen molar-refractivity contribution in [1.29, 1.82) is 0 Å². The summed E-state index contributed by atoms with van der Waals surface area (Å²) < 4.78 is 4.82. The number of pyridine rings is 1. The molecule has 4 heterocycles. The summed E-state index contributed by atoms with van der Waals surface area (Å²) in [7, 11) is 0. The molecule has 12 rings (SSSR count). The Hall–Kier alpha value is -7.47. The lowest BCUT2D eigenvalue weighted by Gasteiger charge is -2.12. The predicted molar refractivity (Wildman–Crippen MR) is 244 cm³/mol. The smallest absolute Gasteiger partial charge is 0.162 e. The Morgan fingerprint density at radius 3 is 1.71 bits per heavy atom. The van der Waals surface area contributed by atoms with Crippen molar-refractivity contribution in [2.45, 2.75) is 0 Å². The minimum Gasteiger partial charge on any atom is -0.294 e. The largest absolute Gasteiger partial charge is 0.294 e. The van der Waals surface area contributed by atoms with E-state index in [2.05, 4.69) is 180 Å². The van der Waals surface area contributed by atoms with Gasteiger partial charge in [0.15, 0.2) is 5.82 Å². The molecular formula is C53H32N4S. The lowest BCUT2D eigenvalue weighted by molar-refractivity contribution is 1.05. The van der Waals surface area contributed by atoms with E-state index in [0.717, 1.165) is 56.0 Å². The molecule has 0 spiro atoms. The minimum atomic E-state index is 0.694. The highest BCUT2D eigenvalue weighted by Crippen LogP contribution is 2.44. The molecule has 270 valence electrons.